The molecule has 2 aromatic heterocycles. The van der Waals surface area contributed by atoms with Crippen LogP contribution in [0.3, 0.4) is 0 Å². The van der Waals surface area contributed by atoms with Gasteiger partial charge in [-0.1, -0.05) is 6.92 Å². The Hall–Kier alpha value is -2.42. The maximum atomic E-state index is 4.74. The molecule has 9 heteroatoms. The molecule has 0 radical (unpaired) electrons. The van der Waals surface area contributed by atoms with Gasteiger partial charge in [-0.05, 0) is 45.3 Å². The van der Waals surface area contributed by atoms with Crippen LogP contribution in [0.2, 0.25) is 0 Å². The van der Waals surface area contributed by atoms with Crippen molar-refractivity contribution in [2.75, 3.05) is 26.2 Å². The number of rotatable bonds is 9. The van der Waals surface area contributed by atoms with Crippen molar-refractivity contribution in [2.24, 2.45) is 12.0 Å². The van der Waals surface area contributed by atoms with Gasteiger partial charge in [-0.3, -0.25) is 9.58 Å². The van der Waals surface area contributed by atoms with Crippen LogP contribution in [-0.2, 0) is 20.1 Å². The normalized spacial score (nSPS) is 18.0. The Kier molecular flexibility index (Phi) is 7.41. The van der Waals surface area contributed by atoms with Crippen LogP contribution in [0.4, 0.5) is 0 Å². The summed E-state index contributed by atoms with van der Waals surface area (Å²) in [6, 6.07) is 2.53. The summed E-state index contributed by atoms with van der Waals surface area (Å²) in [5, 5.41) is 19.6. The molecular weight excluding hydrogens is 354 g/mol. The predicted molar refractivity (Wildman–Crippen MR) is 110 cm³/mol. The van der Waals surface area contributed by atoms with Gasteiger partial charge in [0.2, 0.25) is 0 Å². The van der Waals surface area contributed by atoms with Gasteiger partial charge in [0.25, 0.3) is 0 Å². The maximum Gasteiger partial charge on any atom is 0.191 e. The minimum atomic E-state index is 0.508. The summed E-state index contributed by atoms with van der Waals surface area (Å²) in [6.45, 7) is 9.64. The van der Waals surface area contributed by atoms with Crippen LogP contribution in [0.25, 0.3) is 0 Å². The molecule has 28 heavy (non-hydrogen) atoms. The number of likely N-dealkylation sites (N-methyl/N-ethyl adjacent to an activating group) is 1. The highest BCUT2D eigenvalue weighted by Gasteiger charge is 2.22. The van der Waals surface area contributed by atoms with Crippen molar-refractivity contribution in [1.82, 2.24) is 40.1 Å². The number of guanidine groups is 1. The van der Waals surface area contributed by atoms with Crippen molar-refractivity contribution in [1.29, 1.82) is 0 Å². The second-order valence-corrected chi connectivity index (χ2v) is 7.24. The molecule has 1 saturated heterocycles. The number of nitrogens with one attached hydrogen (secondary N) is 2. The molecule has 0 amide bonds. The highest BCUT2D eigenvalue weighted by molar-refractivity contribution is 5.79. The molecule has 0 spiro atoms. The molecule has 3 heterocycles. The number of likely N-dealkylation sites (tertiary alicyclic amines) is 1. The number of hydrogen-bond donors (Lipinski definition) is 2. The largest absolute Gasteiger partial charge is 0.356 e. The predicted octanol–water partition coefficient (Wildman–Crippen LogP) is 0.930. The molecule has 2 N–H and O–H groups in total. The van der Waals surface area contributed by atoms with Gasteiger partial charge in [-0.15, -0.1) is 10.2 Å². The summed E-state index contributed by atoms with van der Waals surface area (Å²) >= 11 is 0. The first-order valence-corrected chi connectivity index (χ1v) is 10.3. The molecule has 3 rings (SSSR count). The number of nitrogens with zero attached hydrogens (tertiary/aromatic N) is 7. The molecule has 0 saturated carbocycles. The van der Waals surface area contributed by atoms with Crippen LogP contribution in [0.15, 0.2) is 23.5 Å². The molecule has 1 fully saturated rings. The van der Waals surface area contributed by atoms with Gasteiger partial charge >= 0.3 is 0 Å². The van der Waals surface area contributed by atoms with Gasteiger partial charge in [0, 0.05) is 45.1 Å². The average molecular weight is 388 g/mol. The van der Waals surface area contributed by atoms with E-state index in [0.717, 1.165) is 50.2 Å². The van der Waals surface area contributed by atoms with E-state index in [1.165, 1.54) is 19.4 Å². The molecule has 1 aliphatic heterocycles. The highest BCUT2D eigenvalue weighted by atomic mass is 15.3. The van der Waals surface area contributed by atoms with Gasteiger partial charge in [0.15, 0.2) is 11.8 Å². The first-order valence-electron chi connectivity index (χ1n) is 10.3. The number of hydrogen-bond acceptors (Lipinski definition) is 5. The monoisotopic (exact) mass is 387 g/mol. The molecule has 1 unspecified atom stereocenters. The third kappa shape index (κ3) is 5.54. The fourth-order valence-corrected chi connectivity index (χ4v) is 3.55. The van der Waals surface area contributed by atoms with Gasteiger partial charge in [-0.2, -0.15) is 5.10 Å². The van der Waals surface area contributed by atoms with Crippen LogP contribution in [0.1, 0.15) is 37.8 Å². The van der Waals surface area contributed by atoms with Gasteiger partial charge in [0.1, 0.15) is 12.4 Å². The van der Waals surface area contributed by atoms with Crippen molar-refractivity contribution >= 4 is 5.96 Å². The minimum Gasteiger partial charge on any atom is -0.356 e. The Labute approximate surface area is 167 Å². The molecule has 1 aliphatic rings. The lowest BCUT2D eigenvalue weighted by atomic mass is 10.2. The summed E-state index contributed by atoms with van der Waals surface area (Å²) in [5.41, 5.74) is 0. The molecule has 9 nitrogen and oxygen atoms in total. The molecule has 0 bridgehead atoms. The average Bonchev–Trinajstić information content (AvgIpc) is 3.44. The van der Waals surface area contributed by atoms with Crippen molar-refractivity contribution in [3.8, 4) is 0 Å². The van der Waals surface area contributed by atoms with E-state index in [0.29, 0.717) is 12.6 Å². The Morgan fingerprint density at radius 1 is 1.32 bits per heavy atom. The summed E-state index contributed by atoms with van der Waals surface area (Å²) < 4.78 is 3.93. The Morgan fingerprint density at radius 2 is 2.21 bits per heavy atom. The van der Waals surface area contributed by atoms with E-state index in [9.17, 15) is 0 Å². The van der Waals surface area contributed by atoms with E-state index in [1.807, 2.05) is 41.7 Å². The van der Waals surface area contributed by atoms with Gasteiger partial charge < -0.3 is 15.2 Å². The minimum absolute atomic E-state index is 0.508. The molecule has 1 atom stereocenters. The second-order valence-electron chi connectivity index (χ2n) is 7.24. The first-order chi connectivity index (χ1) is 13.7. The van der Waals surface area contributed by atoms with Crippen molar-refractivity contribution in [2.45, 2.75) is 52.2 Å². The standard InChI is InChI=1S/C19H33N9/c1-4-27-11-5-8-17(27)14-21-19(20-9-6-12-28-13-7-10-23-28)22-15-18-25-24-16(2)26(18)3/h7,10,13,17H,4-6,8-9,11-12,14-15H2,1-3H3,(H2,20,21,22). The first kappa shape index (κ1) is 20.3. The molecular formula is C19H33N9. The topological polar surface area (TPSA) is 88.2 Å². The van der Waals surface area contributed by atoms with Crippen LogP contribution in [0.5, 0.6) is 0 Å². The van der Waals surface area contributed by atoms with Crippen LogP contribution in [0, 0.1) is 6.92 Å². The lowest BCUT2D eigenvalue weighted by molar-refractivity contribution is 0.267. The zero-order chi connectivity index (χ0) is 19.8. The maximum absolute atomic E-state index is 4.74. The van der Waals surface area contributed by atoms with E-state index in [1.54, 1.807) is 0 Å². The summed E-state index contributed by atoms with van der Waals surface area (Å²) in [7, 11) is 1.97. The van der Waals surface area contributed by atoms with Gasteiger partial charge in [0.05, 0.1) is 0 Å². The van der Waals surface area contributed by atoms with E-state index in [2.05, 4.69) is 37.8 Å². The number of aliphatic imine (C=N–C) groups is 1. The van der Waals surface area contributed by atoms with Gasteiger partial charge in [-0.25, -0.2) is 4.99 Å². The second kappa shape index (κ2) is 10.2. The van der Waals surface area contributed by atoms with Crippen molar-refractivity contribution < 1.29 is 0 Å². The molecule has 0 aliphatic carbocycles. The quantitative estimate of drug-likeness (QED) is 0.378. The van der Waals surface area contributed by atoms with Crippen LogP contribution in [-0.4, -0.2) is 67.6 Å². The summed E-state index contributed by atoms with van der Waals surface area (Å²) in [4.78, 5) is 7.28. The Bertz CT molecular complexity index is 735. The van der Waals surface area contributed by atoms with Crippen LogP contribution >= 0.6 is 0 Å². The zero-order valence-electron chi connectivity index (χ0n) is 17.3. The van der Waals surface area contributed by atoms with E-state index in [4.69, 9.17) is 4.99 Å². The van der Waals surface area contributed by atoms with E-state index >= 15 is 0 Å². The third-order valence-corrected chi connectivity index (χ3v) is 5.39. The smallest absolute Gasteiger partial charge is 0.191 e. The van der Waals surface area contributed by atoms with E-state index in [-0.39, 0.29) is 0 Å². The SMILES string of the molecule is CCN1CCCC1CNC(=NCc1nnc(C)n1C)NCCCn1cccn1. The Morgan fingerprint density at radius 3 is 2.93 bits per heavy atom. The summed E-state index contributed by atoms with van der Waals surface area (Å²) in [6.07, 6.45) is 7.31. The fourth-order valence-electron chi connectivity index (χ4n) is 3.55. The fraction of sp³-hybridized carbons (Fsp3) is 0.684. The van der Waals surface area contributed by atoms with Crippen molar-refractivity contribution in [3.63, 3.8) is 0 Å². The molecule has 154 valence electrons. The molecule has 2 aromatic rings. The summed E-state index contributed by atoms with van der Waals surface area (Å²) in [5.74, 6) is 2.60. The van der Waals surface area contributed by atoms with Crippen molar-refractivity contribution in [3.05, 3.63) is 30.1 Å². The third-order valence-electron chi connectivity index (χ3n) is 5.39. The zero-order valence-corrected chi connectivity index (χ0v) is 17.3. The lowest BCUT2D eigenvalue weighted by Crippen LogP contribution is -2.45. The number of aryl methyl sites for hydroxylation is 2. The van der Waals surface area contributed by atoms with E-state index < -0.39 is 0 Å². The number of aromatic nitrogens is 5. The Balaban J connectivity index is 1.54. The van der Waals surface area contributed by atoms with Crippen LogP contribution < -0.4 is 10.6 Å². The highest BCUT2D eigenvalue weighted by Crippen LogP contribution is 2.15. The lowest BCUT2D eigenvalue weighted by Gasteiger charge is -2.24. The molecule has 0 aromatic carbocycles.